The first-order valence-electron chi connectivity index (χ1n) is 15.5. The first kappa shape index (κ1) is 32.3. The van der Waals surface area contributed by atoms with Crippen LogP contribution in [0.5, 0.6) is 5.75 Å². The molecule has 0 radical (unpaired) electrons. The van der Waals surface area contributed by atoms with Crippen molar-refractivity contribution in [3.8, 4) is 5.75 Å². The molecule has 1 aliphatic heterocycles. The van der Waals surface area contributed by atoms with Gasteiger partial charge in [-0.25, -0.2) is 16.8 Å². The van der Waals surface area contributed by atoms with Crippen molar-refractivity contribution in [2.45, 2.75) is 32.7 Å². The molecular weight excluding hydrogens is 673 g/mol. The van der Waals surface area contributed by atoms with Gasteiger partial charge < -0.3 is 23.2 Å². The lowest BCUT2D eigenvalue weighted by molar-refractivity contribution is -0.667. The van der Waals surface area contributed by atoms with Crippen molar-refractivity contribution in [1.82, 2.24) is 0 Å². The van der Waals surface area contributed by atoms with Crippen LogP contribution in [0.15, 0.2) is 94.9 Å². The second-order valence-electron chi connectivity index (χ2n) is 11.7. The first-order valence-corrected chi connectivity index (χ1v) is 19.5. The van der Waals surface area contributed by atoms with Crippen LogP contribution < -0.4 is 14.2 Å². The Morgan fingerprint density at radius 1 is 0.875 bits per heavy atom. The lowest BCUT2D eigenvalue weighted by Crippen LogP contribution is -2.36. The van der Waals surface area contributed by atoms with E-state index in [9.17, 15) is 25.9 Å². The van der Waals surface area contributed by atoms with Crippen LogP contribution in [0.1, 0.15) is 31.2 Å². The summed E-state index contributed by atoms with van der Waals surface area (Å²) in [6.45, 7) is 2.56. The molecule has 0 aliphatic carbocycles. The van der Waals surface area contributed by atoms with Gasteiger partial charge in [0.2, 0.25) is 11.4 Å². The van der Waals surface area contributed by atoms with Crippen molar-refractivity contribution < 1.29 is 39.7 Å². The van der Waals surface area contributed by atoms with Crippen LogP contribution in [0.4, 0.5) is 5.69 Å². The number of anilines is 1. The van der Waals surface area contributed by atoms with Crippen molar-refractivity contribution in [3.05, 3.63) is 95.5 Å². The quantitative estimate of drug-likeness (QED) is 0.0823. The van der Waals surface area contributed by atoms with E-state index < -0.39 is 31.7 Å². The molecule has 1 aliphatic rings. The van der Waals surface area contributed by atoms with Gasteiger partial charge in [-0.05, 0) is 64.9 Å². The van der Waals surface area contributed by atoms with E-state index in [1.165, 1.54) is 0 Å². The molecule has 48 heavy (non-hydrogen) atoms. The van der Waals surface area contributed by atoms with Gasteiger partial charge in [-0.1, -0.05) is 54.7 Å². The Kier molecular flexibility index (Phi) is 8.50. The third-order valence-corrected chi connectivity index (χ3v) is 11.2. The summed E-state index contributed by atoms with van der Waals surface area (Å²) >= 11 is 1.54. The van der Waals surface area contributed by atoms with Crippen LogP contribution in [-0.4, -0.2) is 44.0 Å². The number of aryl methyl sites for hydroxylation is 1. The number of benzene rings is 4. The number of thiazole rings is 1. The number of allylic oxidation sites excluding steroid dienone is 2. The van der Waals surface area contributed by atoms with Gasteiger partial charge in [-0.15, -0.1) is 0 Å². The molecule has 0 bridgehead atoms. The van der Waals surface area contributed by atoms with Gasteiger partial charge in [0.25, 0.3) is 5.01 Å². The largest absolute Gasteiger partial charge is 0.748 e. The predicted octanol–water partition coefficient (Wildman–Crippen LogP) is 6.65. The zero-order chi connectivity index (χ0) is 33.6. The fraction of sp³-hybridized carbons (Fsp3) is 0.229. The van der Waals surface area contributed by atoms with E-state index in [0.29, 0.717) is 30.2 Å². The van der Waals surface area contributed by atoms with E-state index in [1.54, 1.807) is 17.6 Å². The lowest BCUT2D eigenvalue weighted by atomic mass is 10.00. The summed E-state index contributed by atoms with van der Waals surface area (Å²) in [7, 11) is -8.79. The molecule has 3 heterocycles. The van der Waals surface area contributed by atoms with Gasteiger partial charge >= 0.3 is 0 Å². The van der Waals surface area contributed by atoms with Gasteiger partial charge in [0.05, 0.1) is 37.6 Å². The summed E-state index contributed by atoms with van der Waals surface area (Å²) < 4.78 is 84.0. The number of ether oxygens (including phenoxy) is 1. The van der Waals surface area contributed by atoms with E-state index in [4.69, 9.17) is 9.15 Å². The Labute approximate surface area is 281 Å². The molecule has 0 atom stereocenters. The minimum atomic E-state index is -4.41. The molecule has 7 rings (SSSR count). The summed E-state index contributed by atoms with van der Waals surface area (Å²) in [4.78, 5) is 1.94. The Morgan fingerprint density at radius 3 is 2.44 bits per heavy atom. The average molecular weight is 704 g/mol. The Bertz CT molecular complexity index is 2500. The number of aromatic nitrogens is 1. The molecule has 0 amide bonds. The highest BCUT2D eigenvalue weighted by molar-refractivity contribution is 7.85. The van der Waals surface area contributed by atoms with Gasteiger partial charge in [0.1, 0.15) is 10.3 Å². The maximum Gasteiger partial charge on any atom is 0.263 e. The molecule has 0 N–H and O–H groups in total. The van der Waals surface area contributed by atoms with Gasteiger partial charge in [-0.3, -0.25) is 0 Å². The smallest absolute Gasteiger partial charge is 0.263 e. The molecule has 248 valence electrons. The van der Waals surface area contributed by atoms with Crippen LogP contribution in [0.3, 0.4) is 0 Å². The first-order chi connectivity index (χ1) is 23.0. The van der Waals surface area contributed by atoms with E-state index in [2.05, 4.69) is 12.1 Å². The second kappa shape index (κ2) is 12.6. The number of furan rings is 1. The standard InChI is InChI=1S/C35H32N2O8S3/c1-2-23(22-33-37(17-6-20-48(41,42)43)35-28-15-18-44-29(28)13-14-31(35)46-33)21-32-36(16-5-19-47(38,39)40)34-27-10-9-24-7-3-4-8-25(24)26(27)11-12-30(34)45-32/h3-4,7-15,18,21-22H,2,5-6,16-17,19-20H2,1H3,(H-,38,39,40,41,42,43)/p-1. The fourth-order valence-corrected chi connectivity index (χ4v) is 8.51. The Morgan fingerprint density at radius 2 is 1.65 bits per heavy atom. The SMILES string of the molecule is CCC(/C=C1\Oc2ccc3c(ccc4ccccc43)c2N1CCCS(=O)(=O)[O-])=C\c1sc2ccc3occc3c2[n+]1CCCS(=O)(=O)[O-]. The molecule has 6 aromatic rings. The molecular formula is C35H31N2O8S3-. The van der Waals surface area contributed by atoms with Crippen molar-refractivity contribution in [1.29, 1.82) is 0 Å². The topological polar surface area (TPSA) is 144 Å². The number of hydrogen-bond acceptors (Lipinski definition) is 10. The monoisotopic (exact) mass is 703 g/mol. The highest BCUT2D eigenvalue weighted by Crippen LogP contribution is 2.46. The maximum absolute atomic E-state index is 11.5. The molecule has 4 aromatic carbocycles. The zero-order valence-corrected chi connectivity index (χ0v) is 28.4. The molecule has 2 aromatic heterocycles. The molecule has 0 saturated heterocycles. The van der Waals surface area contributed by atoms with Crippen molar-refractivity contribution in [2.75, 3.05) is 23.0 Å². The molecule has 0 unspecified atom stereocenters. The number of rotatable bonds is 11. The maximum atomic E-state index is 11.5. The average Bonchev–Trinajstić information content (AvgIpc) is 3.75. The number of hydrogen-bond donors (Lipinski definition) is 0. The summed E-state index contributed by atoms with van der Waals surface area (Å²) in [6.07, 6.45) is 6.43. The van der Waals surface area contributed by atoms with Crippen LogP contribution in [0, 0.1) is 0 Å². The lowest BCUT2D eigenvalue weighted by Gasteiger charge is -2.21. The predicted molar refractivity (Wildman–Crippen MR) is 186 cm³/mol. The number of fused-ring (bicyclic) bond motifs is 8. The summed E-state index contributed by atoms with van der Waals surface area (Å²) in [5, 5.41) is 5.89. The Hall–Kier alpha value is -4.27. The summed E-state index contributed by atoms with van der Waals surface area (Å²) in [6, 6.07) is 21.9. The summed E-state index contributed by atoms with van der Waals surface area (Å²) in [5.74, 6) is 0.155. The van der Waals surface area contributed by atoms with Crippen LogP contribution in [-0.2, 0) is 26.8 Å². The van der Waals surface area contributed by atoms with E-state index in [0.717, 1.165) is 53.4 Å². The van der Waals surface area contributed by atoms with E-state index >= 15 is 0 Å². The second-order valence-corrected chi connectivity index (χ2v) is 15.8. The summed E-state index contributed by atoms with van der Waals surface area (Å²) in [5.41, 5.74) is 3.30. The highest BCUT2D eigenvalue weighted by atomic mass is 32.2. The van der Waals surface area contributed by atoms with Gasteiger partial charge in [0, 0.05) is 42.0 Å². The van der Waals surface area contributed by atoms with E-state index in [1.807, 2.05) is 83.1 Å². The van der Waals surface area contributed by atoms with Crippen molar-refractivity contribution in [3.63, 3.8) is 0 Å². The van der Waals surface area contributed by atoms with Gasteiger partial charge in [0.15, 0.2) is 12.3 Å². The third-order valence-electron chi connectivity index (χ3n) is 8.51. The molecule has 10 nitrogen and oxygen atoms in total. The third kappa shape index (κ3) is 6.43. The zero-order valence-electron chi connectivity index (χ0n) is 25.9. The van der Waals surface area contributed by atoms with Crippen LogP contribution in [0.25, 0.3) is 48.8 Å². The highest BCUT2D eigenvalue weighted by Gasteiger charge is 2.29. The molecule has 0 spiro atoms. The Balaban J connectivity index is 1.33. The normalized spacial score (nSPS) is 14.9. The van der Waals surface area contributed by atoms with Crippen molar-refractivity contribution in [2.24, 2.45) is 0 Å². The minimum absolute atomic E-state index is 0.112. The molecule has 13 heteroatoms. The molecule has 0 fully saturated rings. The fourth-order valence-electron chi connectivity index (χ4n) is 6.36. The minimum Gasteiger partial charge on any atom is -0.748 e. The van der Waals surface area contributed by atoms with Crippen molar-refractivity contribution >= 4 is 86.1 Å². The van der Waals surface area contributed by atoms with Crippen LogP contribution in [0.2, 0.25) is 0 Å². The van der Waals surface area contributed by atoms with Gasteiger partial charge in [-0.2, -0.15) is 4.57 Å². The number of nitrogens with zero attached hydrogens (tertiary/aromatic N) is 2. The van der Waals surface area contributed by atoms with Crippen LogP contribution >= 0.6 is 11.3 Å². The molecule has 0 saturated carbocycles. The van der Waals surface area contributed by atoms with E-state index in [-0.39, 0.29) is 19.4 Å².